The van der Waals surface area contributed by atoms with Crippen molar-refractivity contribution in [2.75, 3.05) is 6.61 Å². The highest BCUT2D eigenvalue weighted by Crippen LogP contribution is 2.11. The lowest BCUT2D eigenvalue weighted by Gasteiger charge is -1.92. The highest BCUT2D eigenvalue weighted by Gasteiger charge is 2.06. The second-order valence-electron chi connectivity index (χ2n) is 2.86. The predicted molar refractivity (Wildman–Crippen MR) is 62.0 cm³/mol. The lowest BCUT2D eigenvalue weighted by molar-refractivity contribution is -0.384. The summed E-state index contributed by atoms with van der Waals surface area (Å²) in [5, 5.41) is 26.6. The van der Waals surface area contributed by atoms with Gasteiger partial charge in [0.15, 0.2) is 0 Å². The van der Waals surface area contributed by atoms with Crippen molar-refractivity contribution < 1.29 is 19.9 Å². The molecule has 0 aliphatic rings. The van der Waals surface area contributed by atoms with Crippen LogP contribution in [0.2, 0.25) is 0 Å². The first kappa shape index (κ1) is 14.8. The van der Waals surface area contributed by atoms with Gasteiger partial charge in [0.2, 0.25) is 0 Å². The van der Waals surface area contributed by atoms with E-state index in [-0.39, 0.29) is 17.9 Å². The van der Waals surface area contributed by atoms with Gasteiger partial charge in [-0.1, -0.05) is 12.2 Å². The molecule has 0 atom stereocenters. The molecule has 6 nitrogen and oxygen atoms in total. The van der Waals surface area contributed by atoms with Crippen molar-refractivity contribution in [1.82, 2.24) is 0 Å². The van der Waals surface area contributed by atoms with Crippen LogP contribution in [-0.2, 0) is 0 Å². The maximum atomic E-state index is 10.3. The van der Waals surface area contributed by atoms with E-state index < -0.39 is 10.9 Å². The van der Waals surface area contributed by atoms with E-state index in [4.69, 9.17) is 10.2 Å². The summed E-state index contributed by atoms with van der Waals surface area (Å²) in [6, 6.07) is 4.70. The average molecular weight is 239 g/mol. The summed E-state index contributed by atoms with van der Waals surface area (Å²) in [4.78, 5) is 19.9. The van der Waals surface area contributed by atoms with Crippen molar-refractivity contribution in [1.29, 1.82) is 0 Å². The molecular weight excluding hydrogens is 226 g/mol. The largest absolute Gasteiger partial charge is 0.478 e. The Morgan fingerprint density at radius 1 is 1.41 bits per heavy atom. The number of hydrogen-bond acceptors (Lipinski definition) is 4. The Balaban J connectivity index is 0.000000437. The van der Waals surface area contributed by atoms with E-state index in [1.807, 2.05) is 6.92 Å². The van der Waals surface area contributed by atoms with Crippen LogP contribution in [0.25, 0.3) is 0 Å². The molecule has 0 spiro atoms. The Bertz CT molecular complexity index is 364. The number of nitro benzene ring substituents is 1. The summed E-state index contributed by atoms with van der Waals surface area (Å²) in [7, 11) is 0. The number of benzene rings is 1. The summed E-state index contributed by atoms with van der Waals surface area (Å²) < 4.78 is 0. The van der Waals surface area contributed by atoms with Gasteiger partial charge in [-0.25, -0.2) is 4.79 Å². The zero-order valence-corrected chi connectivity index (χ0v) is 9.24. The molecule has 6 heteroatoms. The highest BCUT2D eigenvalue weighted by atomic mass is 16.6. The van der Waals surface area contributed by atoms with E-state index in [1.54, 1.807) is 12.2 Å². The molecule has 0 bridgehead atoms. The molecule has 0 unspecified atom stereocenters. The van der Waals surface area contributed by atoms with Crippen molar-refractivity contribution in [2.45, 2.75) is 6.92 Å². The fourth-order valence-corrected chi connectivity index (χ4v) is 0.831. The van der Waals surface area contributed by atoms with E-state index in [0.717, 1.165) is 12.1 Å². The smallest absolute Gasteiger partial charge is 0.335 e. The Morgan fingerprint density at radius 3 is 2.18 bits per heavy atom. The van der Waals surface area contributed by atoms with Gasteiger partial charge >= 0.3 is 5.97 Å². The molecule has 1 aromatic rings. The number of nitro groups is 1. The third-order valence-corrected chi connectivity index (χ3v) is 1.67. The minimum Gasteiger partial charge on any atom is -0.478 e. The van der Waals surface area contributed by atoms with E-state index in [0.29, 0.717) is 0 Å². The Kier molecular flexibility index (Phi) is 6.96. The van der Waals surface area contributed by atoms with Crippen LogP contribution >= 0.6 is 0 Å². The lowest BCUT2D eigenvalue weighted by Crippen LogP contribution is -1.96. The topological polar surface area (TPSA) is 101 Å². The van der Waals surface area contributed by atoms with Gasteiger partial charge in [0.25, 0.3) is 5.69 Å². The van der Waals surface area contributed by atoms with Gasteiger partial charge in [-0.3, -0.25) is 10.1 Å². The zero-order valence-electron chi connectivity index (χ0n) is 9.24. The Hall–Kier alpha value is -2.21. The van der Waals surface area contributed by atoms with Crippen LogP contribution in [-0.4, -0.2) is 27.7 Å². The van der Waals surface area contributed by atoms with E-state index in [9.17, 15) is 14.9 Å². The molecule has 1 aromatic carbocycles. The number of aliphatic hydroxyl groups is 1. The summed E-state index contributed by atoms with van der Waals surface area (Å²) in [6.07, 6.45) is 3.49. The monoisotopic (exact) mass is 239 g/mol. The first-order valence-corrected chi connectivity index (χ1v) is 4.72. The molecular formula is C11H13NO5. The molecule has 0 amide bonds. The van der Waals surface area contributed by atoms with Crippen molar-refractivity contribution in [3.8, 4) is 0 Å². The van der Waals surface area contributed by atoms with Crippen LogP contribution in [0, 0.1) is 10.1 Å². The molecule has 0 fully saturated rings. The molecule has 0 aromatic heterocycles. The lowest BCUT2D eigenvalue weighted by atomic mass is 10.2. The third kappa shape index (κ3) is 6.06. The van der Waals surface area contributed by atoms with Crippen molar-refractivity contribution in [3.63, 3.8) is 0 Å². The standard InChI is InChI=1S/C7H5NO4.C4H8O/c9-7(10)5-1-3-6(4-2-5)8(11)12;1-2-3-4-5/h1-4H,(H,9,10);2-3,5H,4H2,1H3. The van der Waals surface area contributed by atoms with E-state index in [2.05, 4.69) is 0 Å². The fourth-order valence-electron chi connectivity index (χ4n) is 0.831. The average Bonchev–Trinajstić information content (AvgIpc) is 2.31. The van der Waals surface area contributed by atoms with Gasteiger partial charge in [0, 0.05) is 12.1 Å². The van der Waals surface area contributed by atoms with Gasteiger partial charge in [-0.2, -0.15) is 0 Å². The zero-order chi connectivity index (χ0) is 13.3. The third-order valence-electron chi connectivity index (χ3n) is 1.67. The van der Waals surface area contributed by atoms with E-state index >= 15 is 0 Å². The second kappa shape index (κ2) is 8.00. The van der Waals surface area contributed by atoms with Crippen molar-refractivity contribution in [2.24, 2.45) is 0 Å². The highest BCUT2D eigenvalue weighted by molar-refractivity contribution is 5.87. The predicted octanol–water partition coefficient (Wildman–Crippen LogP) is 1.85. The molecule has 1 rings (SSSR count). The molecule has 0 saturated heterocycles. The molecule has 2 N–H and O–H groups in total. The van der Waals surface area contributed by atoms with Crippen LogP contribution in [0.15, 0.2) is 36.4 Å². The number of carboxylic acid groups (broad SMARTS) is 1. The number of allylic oxidation sites excluding steroid dienone is 1. The number of carboxylic acids is 1. The first-order chi connectivity index (χ1) is 8.02. The summed E-state index contributed by atoms with van der Waals surface area (Å²) in [6.45, 7) is 2.03. The first-order valence-electron chi connectivity index (χ1n) is 4.72. The molecule has 0 heterocycles. The minimum absolute atomic E-state index is 0.0422. The van der Waals surface area contributed by atoms with Crippen LogP contribution in [0.4, 0.5) is 5.69 Å². The number of aliphatic hydroxyl groups excluding tert-OH is 1. The van der Waals surface area contributed by atoms with Gasteiger partial charge < -0.3 is 10.2 Å². The number of aromatic carboxylic acids is 1. The number of carbonyl (C=O) groups is 1. The maximum Gasteiger partial charge on any atom is 0.335 e. The van der Waals surface area contributed by atoms with Gasteiger partial charge in [-0.15, -0.1) is 0 Å². The summed E-state index contributed by atoms with van der Waals surface area (Å²) >= 11 is 0. The molecule has 0 saturated carbocycles. The summed E-state index contributed by atoms with van der Waals surface area (Å²) in [5.41, 5.74) is -0.0689. The number of nitrogens with zero attached hydrogens (tertiary/aromatic N) is 1. The number of hydrogen-bond donors (Lipinski definition) is 2. The van der Waals surface area contributed by atoms with Crippen LogP contribution < -0.4 is 0 Å². The fraction of sp³-hybridized carbons (Fsp3) is 0.182. The van der Waals surface area contributed by atoms with Crippen LogP contribution in [0.3, 0.4) is 0 Å². The van der Waals surface area contributed by atoms with Gasteiger partial charge in [0.1, 0.15) is 0 Å². The Labute approximate surface area is 98.0 Å². The quantitative estimate of drug-likeness (QED) is 0.476. The van der Waals surface area contributed by atoms with Gasteiger partial charge in [0.05, 0.1) is 17.1 Å². The van der Waals surface area contributed by atoms with Crippen molar-refractivity contribution in [3.05, 3.63) is 52.1 Å². The minimum atomic E-state index is -1.09. The normalized spacial score (nSPS) is 9.53. The van der Waals surface area contributed by atoms with Crippen LogP contribution in [0.5, 0.6) is 0 Å². The Morgan fingerprint density at radius 2 is 1.94 bits per heavy atom. The SMILES string of the molecule is CC=CCO.O=C(O)c1ccc([N+](=O)[O-])cc1. The second-order valence-corrected chi connectivity index (χ2v) is 2.86. The molecule has 17 heavy (non-hydrogen) atoms. The van der Waals surface area contributed by atoms with E-state index in [1.165, 1.54) is 12.1 Å². The molecule has 0 radical (unpaired) electrons. The van der Waals surface area contributed by atoms with Gasteiger partial charge in [-0.05, 0) is 19.1 Å². The van der Waals surface area contributed by atoms with Crippen LogP contribution in [0.1, 0.15) is 17.3 Å². The molecule has 0 aliphatic heterocycles. The molecule has 0 aliphatic carbocycles. The molecule has 92 valence electrons. The number of rotatable bonds is 3. The van der Waals surface area contributed by atoms with Crippen molar-refractivity contribution >= 4 is 11.7 Å². The maximum absolute atomic E-state index is 10.3. The summed E-state index contributed by atoms with van der Waals surface area (Å²) in [5.74, 6) is -1.09. The number of non-ortho nitro benzene ring substituents is 1.